The lowest BCUT2D eigenvalue weighted by Gasteiger charge is -2.08. The maximum atomic E-state index is 11.9. The Morgan fingerprint density at radius 2 is 2.00 bits per heavy atom. The standard InChI is InChI=1S/C13H12N2O3/c1-8-2-3-10(11(16)6-8)15-13(18)9-4-5-14-7-12(9)17/h2-7,16-17H,1H3,(H,15,18). The highest BCUT2D eigenvalue weighted by molar-refractivity contribution is 6.06. The predicted octanol–water partition coefficient (Wildman–Crippen LogP) is 2.05. The molecule has 0 saturated heterocycles. The average molecular weight is 244 g/mol. The van der Waals surface area contributed by atoms with Gasteiger partial charge in [-0.3, -0.25) is 9.78 Å². The average Bonchev–Trinajstić information content (AvgIpc) is 2.33. The van der Waals surface area contributed by atoms with Gasteiger partial charge in [-0.25, -0.2) is 0 Å². The fourth-order valence-electron chi connectivity index (χ4n) is 1.52. The number of carbonyl (C=O) groups excluding carboxylic acids is 1. The van der Waals surface area contributed by atoms with Crippen LogP contribution in [0.3, 0.4) is 0 Å². The molecule has 1 amide bonds. The molecule has 2 aromatic rings. The third-order valence-electron chi connectivity index (χ3n) is 2.45. The lowest BCUT2D eigenvalue weighted by Crippen LogP contribution is -2.12. The number of anilines is 1. The van der Waals surface area contributed by atoms with E-state index in [0.29, 0.717) is 5.69 Å². The van der Waals surface area contributed by atoms with Crippen molar-refractivity contribution in [2.24, 2.45) is 0 Å². The van der Waals surface area contributed by atoms with Crippen molar-refractivity contribution in [3.8, 4) is 11.5 Å². The van der Waals surface area contributed by atoms with Gasteiger partial charge in [0.1, 0.15) is 11.5 Å². The molecule has 0 bridgehead atoms. The summed E-state index contributed by atoms with van der Waals surface area (Å²) in [5.41, 5.74) is 1.28. The van der Waals surface area contributed by atoms with E-state index >= 15 is 0 Å². The van der Waals surface area contributed by atoms with Gasteiger partial charge in [-0.15, -0.1) is 0 Å². The van der Waals surface area contributed by atoms with Crippen molar-refractivity contribution in [2.75, 3.05) is 5.32 Å². The van der Waals surface area contributed by atoms with Gasteiger partial charge in [0.05, 0.1) is 17.4 Å². The quantitative estimate of drug-likeness (QED) is 0.706. The van der Waals surface area contributed by atoms with Gasteiger partial charge in [-0.05, 0) is 30.7 Å². The first-order valence-corrected chi connectivity index (χ1v) is 5.32. The molecule has 1 heterocycles. The molecule has 5 nitrogen and oxygen atoms in total. The lowest BCUT2D eigenvalue weighted by atomic mass is 10.2. The zero-order valence-corrected chi connectivity index (χ0v) is 9.71. The van der Waals surface area contributed by atoms with Crippen LogP contribution in [0.25, 0.3) is 0 Å². The third kappa shape index (κ3) is 2.40. The van der Waals surface area contributed by atoms with Crippen LogP contribution in [0.4, 0.5) is 5.69 Å². The number of carbonyl (C=O) groups is 1. The van der Waals surface area contributed by atoms with E-state index in [1.54, 1.807) is 18.2 Å². The summed E-state index contributed by atoms with van der Waals surface area (Å²) in [6.07, 6.45) is 2.59. The number of hydrogen-bond donors (Lipinski definition) is 3. The summed E-state index contributed by atoms with van der Waals surface area (Å²) in [4.78, 5) is 15.5. The molecule has 92 valence electrons. The Labute approximate surface area is 104 Å². The van der Waals surface area contributed by atoms with Gasteiger partial charge in [0.15, 0.2) is 0 Å². The number of aromatic hydroxyl groups is 2. The maximum Gasteiger partial charge on any atom is 0.259 e. The van der Waals surface area contributed by atoms with Gasteiger partial charge in [-0.1, -0.05) is 6.07 Å². The number of hydrogen-bond acceptors (Lipinski definition) is 4. The van der Waals surface area contributed by atoms with E-state index in [-0.39, 0.29) is 17.1 Å². The number of benzene rings is 1. The van der Waals surface area contributed by atoms with Gasteiger partial charge in [-0.2, -0.15) is 0 Å². The van der Waals surface area contributed by atoms with Gasteiger partial charge < -0.3 is 15.5 Å². The first kappa shape index (κ1) is 11.9. The van der Waals surface area contributed by atoms with E-state index in [4.69, 9.17) is 0 Å². The zero-order chi connectivity index (χ0) is 13.1. The monoisotopic (exact) mass is 244 g/mol. The smallest absolute Gasteiger partial charge is 0.259 e. The molecule has 0 radical (unpaired) electrons. The molecule has 1 aromatic heterocycles. The number of amides is 1. The predicted molar refractivity (Wildman–Crippen MR) is 66.7 cm³/mol. The molecule has 0 aliphatic carbocycles. The lowest BCUT2D eigenvalue weighted by molar-refractivity contribution is 0.102. The molecule has 0 spiro atoms. The molecule has 0 unspecified atom stereocenters. The van der Waals surface area contributed by atoms with E-state index in [0.717, 1.165) is 5.56 Å². The maximum absolute atomic E-state index is 11.9. The van der Waals surface area contributed by atoms with Crippen LogP contribution < -0.4 is 5.32 Å². The number of aromatic nitrogens is 1. The second-order valence-electron chi connectivity index (χ2n) is 3.87. The van der Waals surface area contributed by atoms with Crippen molar-refractivity contribution in [3.63, 3.8) is 0 Å². The summed E-state index contributed by atoms with van der Waals surface area (Å²) in [5, 5.41) is 21.7. The van der Waals surface area contributed by atoms with E-state index < -0.39 is 5.91 Å². The van der Waals surface area contributed by atoms with Crippen LogP contribution in [0.5, 0.6) is 11.5 Å². The summed E-state index contributed by atoms with van der Waals surface area (Å²) < 4.78 is 0. The highest BCUT2D eigenvalue weighted by atomic mass is 16.3. The second-order valence-corrected chi connectivity index (χ2v) is 3.87. The van der Waals surface area contributed by atoms with Crippen molar-refractivity contribution in [2.45, 2.75) is 6.92 Å². The molecule has 2 rings (SSSR count). The van der Waals surface area contributed by atoms with Crippen molar-refractivity contribution < 1.29 is 15.0 Å². The van der Waals surface area contributed by atoms with E-state index in [1.807, 2.05) is 6.92 Å². The van der Waals surface area contributed by atoms with E-state index in [9.17, 15) is 15.0 Å². The first-order chi connectivity index (χ1) is 8.58. The molecule has 0 aliphatic rings. The Balaban J connectivity index is 2.24. The van der Waals surface area contributed by atoms with Gasteiger partial charge in [0, 0.05) is 6.20 Å². The Morgan fingerprint density at radius 1 is 1.22 bits per heavy atom. The Kier molecular flexibility index (Phi) is 3.14. The molecule has 1 aromatic carbocycles. The van der Waals surface area contributed by atoms with E-state index in [1.165, 1.54) is 18.5 Å². The topological polar surface area (TPSA) is 82.5 Å². The molecule has 18 heavy (non-hydrogen) atoms. The van der Waals surface area contributed by atoms with E-state index in [2.05, 4.69) is 10.3 Å². The summed E-state index contributed by atoms with van der Waals surface area (Å²) in [6.45, 7) is 1.83. The summed E-state index contributed by atoms with van der Waals surface area (Å²) >= 11 is 0. The van der Waals surface area contributed by atoms with Crippen molar-refractivity contribution in [1.82, 2.24) is 4.98 Å². The SMILES string of the molecule is Cc1ccc(NC(=O)c2ccncc2O)c(O)c1. The van der Waals surface area contributed by atoms with Crippen LogP contribution in [0.1, 0.15) is 15.9 Å². The van der Waals surface area contributed by atoms with Gasteiger partial charge >= 0.3 is 0 Å². The number of nitrogens with zero attached hydrogens (tertiary/aromatic N) is 1. The fourth-order valence-corrected chi connectivity index (χ4v) is 1.52. The Morgan fingerprint density at radius 3 is 2.67 bits per heavy atom. The minimum Gasteiger partial charge on any atom is -0.506 e. The summed E-state index contributed by atoms with van der Waals surface area (Å²) in [6, 6.07) is 6.31. The highest BCUT2D eigenvalue weighted by Crippen LogP contribution is 2.25. The molecule has 0 atom stereocenters. The summed E-state index contributed by atoms with van der Waals surface area (Å²) in [7, 11) is 0. The minimum atomic E-state index is -0.506. The number of phenols is 1. The van der Waals surface area contributed by atoms with Crippen LogP contribution in [-0.2, 0) is 0 Å². The molecular formula is C13H12N2O3. The number of pyridine rings is 1. The number of phenolic OH excluding ortho intramolecular Hbond substituents is 1. The Bertz CT molecular complexity index is 597. The third-order valence-corrected chi connectivity index (χ3v) is 2.45. The largest absolute Gasteiger partial charge is 0.506 e. The molecule has 3 N–H and O–H groups in total. The van der Waals surface area contributed by atoms with Gasteiger partial charge in [0.25, 0.3) is 5.91 Å². The van der Waals surface area contributed by atoms with Crippen molar-refractivity contribution >= 4 is 11.6 Å². The fraction of sp³-hybridized carbons (Fsp3) is 0.0769. The second kappa shape index (κ2) is 4.75. The normalized spacial score (nSPS) is 10.1. The number of rotatable bonds is 2. The van der Waals surface area contributed by atoms with Crippen LogP contribution in [0, 0.1) is 6.92 Å². The minimum absolute atomic E-state index is 0.0168. The molecule has 0 saturated carbocycles. The van der Waals surface area contributed by atoms with Crippen LogP contribution >= 0.6 is 0 Å². The zero-order valence-electron chi connectivity index (χ0n) is 9.71. The molecule has 0 fully saturated rings. The molecular weight excluding hydrogens is 232 g/mol. The first-order valence-electron chi connectivity index (χ1n) is 5.32. The highest BCUT2D eigenvalue weighted by Gasteiger charge is 2.12. The summed E-state index contributed by atoms with van der Waals surface area (Å²) in [5.74, 6) is -0.729. The van der Waals surface area contributed by atoms with Crippen molar-refractivity contribution in [3.05, 3.63) is 47.8 Å². The number of nitrogens with one attached hydrogen (secondary N) is 1. The Hall–Kier alpha value is -2.56. The number of aryl methyl sites for hydroxylation is 1. The van der Waals surface area contributed by atoms with Crippen LogP contribution in [0.2, 0.25) is 0 Å². The molecule has 0 aliphatic heterocycles. The van der Waals surface area contributed by atoms with Gasteiger partial charge in [0.2, 0.25) is 0 Å². The van der Waals surface area contributed by atoms with Crippen LogP contribution in [-0.4, -0.2) is 21.1 Å². The van der Waals surface area contributed by atoms with Crippen LogP contribution in [0.15, 0.2) is 36.7 Å². The molecule has 5 heteroatoms. The van der Waals surface area contributed by atoms with Crippen molar-refractivity contribution in [1.29, 1.82) is 0 Å².